The number of hydrogen-bond donors (Lipinski definition) is 4. The highest BCUT2D eigenvalue weighted by atomic mass is 35.5. The Labute approximate surface area is 180 Å². The van der Waals surface area contributed by atoms with Gasteiger partial charge in [-0.25, -0.2) is 9.97 Å². The van der Waals surface area contributed by atoms with Crippen LogP contribution in [-0.2, 0) is 15.2 Å². The number of benzene rings is 1. The molecule has 0 aliphatic carbocycles. The van der Waals surface area contributed by atoms with Crippen LogP contribution in [0.4, 0.5) is 0 Å². The fourth-order valence-electron chi connectivity index (χ4n) is 3.55. The summed E-state index contributed by atoms with van der Waals surface area (Å²) in [6.45, 7) is 1.46. The minimum atomic E-state index is -1.68. The van der Waals surface area contributed by atoms with E-state index in [-0.39, 0.29) is 5.02 Å². The van der Waals surface area contributed by atoms with E-state index in [2.05, 4.69) is 20.1 Å². The molecule has 1 aliphatic rings. The molecule has 3 heterocycles. The summed E-state index contributed by atoms with van der Waals surface area (Å²) in [5, 5.41) is 36.9. The second-order valence-corrected chi connectivity index (χ2v) is 7.87. The molecule has 1 aliphatic heterocycles. The Kier molecular flexibility index (Phi) is 5.47. The molecule has 0 bridgehead atoms. The van der Waals surface area contributed by atoms with E-state index in [0.717, 1.165) is 0 Å². The SMILES string of the molecule is CON=c1[nH]cnc2c1ncn2[C@@H]1O[C@H]([C@](C)(O)c2ccc(Cl)c(Cl)c2)[C@@H](O)[C@H]1O. The van der Waals surface area contributed by atoms with Gasteiger partial charge in [0.05, 0.1) is 22.7 Å². The lowest BCUT2D eigenvalue weighted by molar-refractivity contribution is -0.135. The van der Waals surface area contributed by atoms with Gasteiger partial charge in [-0.1, -0.05) is 34.4 Å². The molecule has 2 aromatic heterocycles. The van der Waals surface area contributed by atoms with Crippen LogP contribution < -0.4 is 5.49 Å². The summed E-state index contributed by atoms with van der Waals surface area (Å²) in [5.74, 6) is 0. The summed E-state index contributed by atoms with van der Waals surface area (Å²) >= 11 is 12.0. The third-order valence-corrected chi connectivity index (χ3v) is 5.87. The van der Waals surface area contributed by atoms with Gasteiger partial charge in [0, 0.05) is 0 Å². The molecule has 30 heavy (non-hydrogen) atoms. The number of nitrogens with zero attached hydrogens (tertiary/aromatic N) is 4. The van der Waals surface area contributed by atoms with Crippen LogP contribution in [0.25, 0.3) is 11.2 Å². The number of aliphatic hydroxyl groups is 3. The van der Waals surface area contributed by atoms with Crippen LogP contribution in [0.1, 0.15) is 18.7 Å². The van der Waals surface area contributed by atoms with Crippen LogP contribution in [0.2, 0.25) is 10.0 Å². The van der Waals surface area contributed by atoms with E-state index in [0.29, 0.717) is 27.2 Å². The minimum absolute atomic E-state index is 0.245. The lowest BCUT2D eigenvalue weighted by Gasteiger charge is -2.32. The number of rotatable bonds is 4. The first-order chi connectivity index (χ1) is 14.3. The Morgan fingerprint density at radius 3 is 2.70 bits per heavy atom. The number of aromatic amines is 1. The lowest BCUT2D eigenvalue weighted by Crippen LogP contribution is -2.45. The maximum Gasteiger partial charge on any atom is 0.200 e. The molecule has 1 saturated heterocycles. The predicted molar refractivity (Wildman–Crippen MR) is 106 cm³/mol. The van der Waals surface area contributed by atoms with E-state index < -0.39 is 30.1 Å². The van der Waals surface area contributed by atoms with Crippen molar-refractivity contribution in [3.05, 3.63) is 52.0 Å². The summed E-state index contributed by atoms with van der Waals surface area (Å²) in [4.78, 5) is 16.0. The van der Waals surface area contributed by atoms with Gasteiger partial charge in [-0.05, 0) is 24.6 Å². The second-order valence-electron chi connectivity index (χ2n) is 7.05. The quantitative estimate of drug-likeness (QED) is 0.431. The Hall–Kier alpha value is -2.21. The largest absolute Gasteiger partial charge is 0.397 e. The summed E-state index contributed by atoms with van der Waals surface area (Å²) in [6.07, 6.45) is -2.22. The van der Waals surface area contributed by atoms with Gasteiger partial charge in [0.1, 0.15) is 31.0 Å². The summed E-state index contributed by atoms with van der Waals surface area (Å²) in [6, 6.07) is 4.60. The van der Waals surface area contributed by atoms with Crippen molar-refractivity contribution in [3.63, 3.8) is 0 Å². The fraction of sp³-hybridized carbons (Fsp3) is 0.389. The van der Waals surface area contributed by atoms with Crippen molar-refractivity contribution < 1.29 is 24.9 Å². The molecule has 0 unspecified atom stereocenters. The first-order valence-electron chi connectivity index (χ1n) is 8.92. The van der Waals surface area contributed by atoms with Crippen molar-refractivity contribution in [2.75, 3.05) is 7.11 Å². The van der Waals surface area contributed by atoms with Crippen LogP contribution in [0.3, 0.4) is 0 Å². The molecule has 0 radical (unpaired) electrons. The van der Waals surface area contributed by atoms with Gasteiger partial charge in [0.15, 0.2) is 17.4 Å². The molecule has 0 amide bonds. The highest BCUT2D eigenvalue weighted by molar-refractivity contribution is 6.42. The van der Waals surface area contributed by atoms with Crippen molar-refractivity contribution in [1.82, 2.24) is 19.5 Å². The van der Waals surface area contributed by atoms with Crippen molar-refractivity contribution >= 4 is 34.4 Å². The predicted octanol–water partition coefficient (Wildman–Crippen LogP) is 1.06. The average Bonchev–Trinajstić information content (AvgIpc) is 3.27. The summed E-state index contributed by atoms with van der Waals surface area (Å²) in [5.41, 5.74) is -0.260. The summed E-state index contributed by atoms with van der Waals surface area (Å²) < 4.78 is 7.37. The molecular weight excluding hydrogens is 437 g/mol. The molecular formula is C18H19Cl2N5O5. The van der Waals surface area contributed by atoms with Crippen molar-refractivity contribution in [2.24, 2.45) is 5.16 Å². The smallest absolute Gasteiger partial charge is 0.200 e. The van der Waals surface area contributed by atoms with Crippen molar-refractivity contribution in [1.29, 1.82) is 0 Å². The van der Waals surface area contributed by atoms with Gasteiger partial charge < -0.3 is 29.9 Å². The van der Waals surface area contributed by atoms with Gasteiger partial charge >= 0.3 is 0 Å². The van der Waals surface area contributed by atoms with Crippen molar-refractivity contribution in [2.45, 2.75) is 37.1 Å². The van der Waals surface area contributed by atoms with E-state index in [9.17, 15) is 15.3 Å². The van der Waals surface area contributed by atoms with E-state index in [1.54, 1.807) is 6.07 Å². The number of aliphatic hydroxyl groups excluding tert-OH is 2. The Balaban J connectivity index is 1.72. The molecule has 160 valence electrons. The molecule has 1 fully saturated rings. The number of nitrogens with one attached hydrogen (secondary N) is 1. The average molecular weight is 456 g/mol. The van der Waals surface area contributed by atoms with Gasteiger partial charge in [-0.3, -0.25) is 4.57 Å². The molecule has 1 aromatic carbocycles. The van der Waals surface area contributed by atoms with Crippen LogP contribution in [-0.4, -0.2) is 60.3 Å². The topological polar surface area (TPSA) is 138 Å². The first kappa shape index (κ1) is 21.0. The monoisotopic (exact) mass is 455 g/mol. The molecule has 5 atom stereocenters. The van der Waals surface area contributed by atoms with Gasteiger partial charge in [-0.2, -0.15) is 0 Å². The number of hydrogen-bond acceptors (Lipinski definition) is 8. The molecule has 3 aromatic rings. The first-order valence-corrected chi connectivity index (χ1v) is 9.68. The van der Waals surface area contributed by atoms with E-state index in [4.69, 9.17) is 32.8 Å². The summed E-state index contributed by atoms with van der Waals surface area (Å²) in [7, 11) is 1.40. The maximum atomic E-state index is 11.2. The highest BCUT2D eigenvalue weighted by Crippen LogP contribution is 2.41. The molecule has 4 rings (SSSR count). The Bertz CT molecular complexity index is 1150. The standard InChI is InChI=1S/C18H19Cl2N5O5/c1-18(28,8-3-4-9(19)10(20)5-8)14-12(26)13(27)17(30-14)25-7-23-11-15(24-29-2)21-6-22-16(11)25/h3-7,12-14,17,26-28H,1-2H3,(H,21,22,24)/t12-,13+,14-,17+,18+/m0/s1. The molecule has 12 heteroatoms. The second kappa shape index (κ2) is 7.80. The molecule has 10 nitrogen and oxygen atoms in total. The van der Waals surface area contributed by atoms with E-state index in [1.165, 1.54) is 43.4 Å². The third kappa shape index (κ3) is 3.35. The van der Waals surface area contributed by atoms with E-state index in [1.807, 2.05) is 0 Å². The normalized spacial score (nSPS) is 26.8. The molecule has 4 N–H and O–H groups in total. The zero-order chi connectivity index (χ0) is 21.6. The minimum Gasteiger partial charge on any atom is -0.397 e. The lowest BCUT2D eigenvalue weighted by atomic mass is 9.87. The molecule has 0 saturated carbocycles. The Morgan fingerprint density at radius 1 is 1.23 bits per heavy atom. The number of ether oxygens (including phenoxy) is 1. The van der Waals surface area contributed by atoms with Gasteiger partial charge in [-0.15, -0.1) is 0 Å². The van der Waals surface area contributed by atoms with Crippen LogP contribution in [0, 0.1) is 0 Å². The van der Waals surface area contributed by atoms with Gasteiger partial charge in [0.25, 0.3) is 0 Å². The maximum absolute atomic E-state index is 11.2. The zero-order valence-corrected chi connectivity index (χ0v) is 17.4. The highest BCUT2D eigenvalue weighted by Gasteiger charge is 2.52. The van der Waals surface area contributed by atoms with Gasteiger partial charge in [0.2, 0.25) is 5.49 Å². The molecule has 0 spiro atoms. The van der Waals surface area contributed by atoms with Crippen LogP contribution in [0.15, 0.2) is 36.0 Å². The zero-order valence-electron chi connectivity index (χ0n) is 15.9. The number of H-pyrrole nitrogens is 1. The number of imidazole rings is 1. The van der Waals surface area contributed by atoms with Crippen LogP contribution in [0.5, 0.6) is 0 Å². The van der Waals surface area contributed by atoms with E-state index >= 15 is 0 Å². The van der Waals surface area contributed by atoms with Crippen molar-refractivity contribution in [3.8, 4) is 0 Å². The fourth-order valence-corrected chi connectivity index (χ4v) is 3.85. The van der Waals surface area contributed by atoms with Crippen LogP contribution >= 0.6 is 23.2 Å². The number of aromatic nitrogens is 4. The Morgan fingerprint density at radius 2 is 2.00 bits per heavy atom. The number of fused-ring (bicyclic) bond motifs is 1. The third-order valence-electron chi connectivity index (χ3n) is 5.13. The number of halogens is 2.